The van der Waals surface area contributed by atoms with Gasteiger partial charge in [0.15, 0.2) is 0 Å². The lowest BCUT2D eigenvalue weighted by Crippen LogP contribution is -2.50. The minimum Gasteiger partial charge on any atom is -0.508 e. The number of hydrogen-bond acceptors (Lipinski definition) is 3. The number of halogens is 2. The van der Waals surface area contributed by atoms with Gasteiger partial charge in [-0.2, -0.15) is 0 Å². The average Bonchev–Trinajstić information content (AvgIpc) is 2.74. The van der Waals surface area contributed by atoms with Crippen molar-refractivity contribution in [3.63, 3.8) is 0 Å². The molecule has 1 aliphatic rings. The SMILES string of the molecule is CCCCCCCC(=O)N1Cc2cc(O)ccc2C[C@H]1C(=O)Nc1ccc(F)cc1F. The highest BCUT2D eigenvalue weighted by Crippen LogP contribution is 2.28. The van der Waals surface area contributed by atoms with Crippen molar-refractivity contribution in [2.24, 2.45) is 0 Å². The molecule has 31 heavy (non-hydrogen) atoms. The molecular weight excluding hydrogens is 402 g/mol. The van der Waals surface area contributed by atoms with E-state index in [1.165, 1.54) is 4.90 Å². The number of benzene rings is 2. The summed E-state index contributed by atoms with van der Waals surface area (Å²) in [7, 11) is 0. The molecule has 2 aromatic carbocycles. The predicted molar refractivity (Wildman–Crippen MR) is 115 cm³/mol. The van der Waals surface area contributed by atoms with Crippen LogP contribution in [0.1, 0.15) is 56.6 Å². The van der Waals surface area contributed by atoms with Crippen LogP contribution in [0.5, 0.6) is 5.75 Å². The third-order valence-corrected chi connectivity index (χ3v) is 5.63. The first-order chi connectivity index (χ1) is 14.9. The third-order valence-electron chi connectivity index (χ3n) is 5.63. The Labute approximate surface area is 181 Å². The standard InChI is InChI=1S/C24H28F2N2O3/c1-2-3-4-5-6-7-23(30)28-15-17-12-19(29)10-8-16(17)13-22(28)24(31)27-21-11-9-18(25)14-20(21)26/h8-12,14,22,29H,2-7,13,15H2,1H3,(H,27,31)/t22-/m0/s1. The molecule has 7 heteroatoms. The Morgan fingerprint density at radius 3 is 2.58 bits per heavy atom. The fraction of sp³-hybridized carbons (Fsp3) is 0.417. The van der Waals surface area contributed by atoms with Crippen molar-refractivity contribution in [2.45, 2.75) is 64.5 Å². The molecule has 2 amide bonds. The number of amides is 2. The Bertz CT molecular complexity index is 948. The van der Waals surface area contributed by atoms with Gasteiger partial charge in [-0.3, -0.25) is 9.59 Å². The van der Waals surface area contributed by atoms with Crippen molar-refractivity contribution >= 4 is 17.5 Å². The van der Waals surface area contributed by atoms with Crippen molar-refractivity contribution in [1.29, 1.82) is 0 Å². The zero-order valence-corrected chi connectivity index (χ0v) is 17.7. The summed E-state index contributed by atoms with van der Waals surface area (Å²) in [4.78, 5) is 27.5. The third kappa shape index (κ3) is 5.81. The number of carbonyl (C=O) groups excluding carboxylic acids is 2. The Hall–Kier alpha value is -2.96. The lowest BCUT2D eigenvalue weighted by Gasteiger charge is -2.36. The van der Waals surface area contributed by atoms with Gasteiger partial charge in [0, 0.05) is 25.5 Å². The van der Waals surface area contributed by atoms with Crippen LogP contribution >= 0.6 is 0 Å². The normalized spacial score (nSPS) is 15.5. The second-order valence-corrected chi connectivity index (χ2v) is 7.97. The second-order valence-electron chi connectivity index (χ2n) is 7.97. The number of carbonyl (C=O) groups is 2. The molecule has 3 rings (SSSR count). The Morgan fingerprint density at radius 2 is 1.84 bits per heavy atom. The van der Waals surface area contributed by atoms with Gasteiger partial charge < -0.3 is 15.3 Å². The molecule has 1 heterocycles. The lowest BCUT2D eigenvalue weighted by atomic mass is 9.92. The van der Waals surface area contributed by atoms with Crippen molar-refractivity contribution in [1.82, 2.24) is 4.90 Å². The van der Waals surface area contributed by atoms with Gasteiger partial charge in [0.1, 0.15) is 23.4 Å². The number of fused-ring (bicyclic) bond motifs is 1. The van der Waals surface area contributed by atoms with Crippen LogP contribution < -0.4 is 5.32 Å². The average molecular weight is 430 g/mol. The number of phenols is 1. The molecule has 0 aromatic heterocycles. The van der Waals surface area contributed by atoms with Gasteiger partial charge in [-0.1, -0.05) is 38.7 Å². The van der Waals surface area contributed by atoms with Crippen molar-refractivity contribution in [3.8, 4) is 5.75 Å². The maximum absolute atomic E-state index is 14.0. The van der Waals surface area contributed by atoms with E-state index in [1.807, 2.05) is 0 Å². The number of nitrogens with one attached hydrogen (secondary N) is 1. The molecule has 0 radical (unpaired) electrons. The molecule has 0 fully saturated rings. The smallest absolute Gasteiger partial charge is 0.247 e. The summed E-state index contributed by atoms with van der Waals surface area (Å²) in [6.45, 7) is 2.32. The summed E-state index contributed by atoms with van der Waals surface area (Å²) < 4.78 is 27.2. The molecule has 5 nitrogen and oxygen atoms in total. The molecule has 2 N–H and O–H groups in total. The summed E-state index contributed by atoms with van der Waals surface area (Å²) in [5, 5.41) is 12.3. The van der Waals surface area contributed by atoms with E-state index in [-0.39, 0.29) is 30.3 Å². The molecule has 0 aliphatic carbocycles. The Morgan fingerprint density at radius 1 is 1.06 bits per heavy atom. The van der Waals surface area contributed by atoms with E-state index in [0.717, 1.165) is 55.4 Å². The number of nitrogens with zero attached hydrogens (tertiary/aromatic N) is 1. The molecular formula is C24H28F2N2O3. The maximum atomic E-state index is 14.0. The largest absolute Gasteiger partial charge is 0.508 e. The first-order valence-electron chi connectivity index (χ1n) is 10.7. The van der Waals surface area contributed by atoms with E-state index in [0.29, 0.717) is 12.5 Å². The van der Waals surface area contributed by atoms with Gasteiger partial charge in [0.2, 0.25) is 11.8 Å². The van der Waals surface area contributed by atoms with E-state index in [2.05, 4.69) is 12.2 Å². The predicted octanol–water partition coefficient (Wildman–Crippen LogP) is 4.92. The summed E-state index contributed by atoms with van der Waals surface area (Å²) in [5.41, 5.74) is 1.51. The van der Waals surface area contributed by atoms with E-state index in [9.17, 15) is 23.5 Å². The summed E-state index contributed by atoms with van der Waals surface area (Å²) >= 11 is 0. The lowest BCUT2D eigenvalue weighted by molar-refractivity contribution is -0.140. The van der Waals surface area contributed by atoms with E-state index >= 15 is 0 Å². The second kappa shape index (κ2) is 10.4. The van der Waals surface area contributed by atoms with Gasteiger partial charge in [-0.05, 0) is 41.8 Å². The summed E-state index contributed by atoms with van der Waals surface area (Å²) in [6.07, 6.45) is 5.57. The van der Waals surface area contributed by atoms with Crippen LogP contribution in [-0.4, -0.2) is 27.9 Å². The fourth-order valence-electron chi connectivity index (χ4n) is 3.90. The van der Waals surface area contributed by atoms with Crippen LogP contribution in [0, 0.1) is 11.6 Å². The van der Waals surface area contributed by atoms with E-state index < -0.39 is 23.6 Å². The minimum atomic E-state index is -0.872. The summed E-state index contributed by atoms with van der Waals surface area (Å²) in [6, 6.07) is 6.99. The van der Waals surface area contributed by atoms with Gasteiger partial charge in [0.25, 0.3) is 0 Å². The molecule has 0 saturated heterocycles. The molecule has 166 valence electrons. The van der Waals surface area contributed by atoms with Crippen molar-refractivity contribution in [2.75, 3.05) is 5.32 Å². The molecule has 2 aromatic rings. The molecule has 1 aliphatic heterocycles. The maximum Gasteiger partial charge on any atom is 0.247 e. The van der Waals surface area contributed by atoms with Crippen molar-refractivity contribution in [3.05, 3.63) is 59.2 Å². The monoisotopic (exact) mass is 430 g/mol. The van der Waals surface area contributed by atoms with Crippen LogP contribution in [0.3, 0.4) is 0 Å². The quantitative estimate of drug-likeness (QED) is 0.584. The minimum absolute atomic E-state index is 0.0991. The number of hydrogen-bond donors (Lipinski definition) is 2. The number of phenolic OH excluding ortho intramolecular Hbond substituents is 1. The van der Waals surface area contributed by atoms with Crippen LogP contribution in [0.15, 0.2) is 36.4 Å². The number of unbranched alkanes of at least 4 members (excludes halogenated alkanes) is 4. The van der Waals surface area contributed by atoms with Gasteiger partial charge in [-0.15, -0.1) is 0 Å². The topological polar surface area (TPSA) is 69.6 Å². The van der Waals surface area contributed by atoms with Crippen LogP contribution in [0.25, 0.3) is 0 Å². The van der Waals surface area contributed by atoms with Crippen LogP contribution in [0.2, 0.25) is 0 Å². The summed E-state index contributed by atoms with van der Waals surface area (Å²) in [5.74, 6) is -2.18. The molecule has 0 spiro atoms. The fourth-order valence-corrected chi connectivity index (χ4v) is 3.90. The van der Waals surface area contributed by atoms with Gasteiger partial charge in [0.05, 0.1) is 5.69 Å². The zero-order valence-electron chi connectivity index (χ0n) is 17.7. The van der Waals surface area contributed by atoms with Crippen LogP contribution in [-0.2, 0) is 22.6 Å². The molecule has 0 saturated carbocycles. The highest BCUT2D eigenvalue weighted by atomic mass is 19.1. The molecule has 0 bridgehead atoms. The first-order valence-corrected chi connectivity index (χ1v) is 10.7. The highest BCUT2D eigenvalue weighted by Gasteiger charge is 2.34. The highest BCUT2D eigenvalue weighted by molar-refractivity contribution is 5.97. The van der Waals surface area contributed by atoms with Gasteiger partial charge in [-0.25, -0.2) is 8.78 Å². The van der Waals surface area contributed by atoms with Crippen molar-refractivity contribution < 1.29 is 23.5 Å². The molecule has 1 atom stereocenters. The zero-order chi connectivity index (χ0) is 22.4. The Balaban J connectivity index is 1.77. The van der Waals surface area contributed by atoms with E-state index in [4.69, 9.17) is 0 Å². The number of rotatable bonds is 8. The first kappa shape index (κ1) is 22.7. The van der Waals surface area contributed by atoms with Gasteiger partial charge >= 0.3 is 0 Å². The number of anilines is 1. The van der Waals surface area contributed by atoms with E-state index in [1.54, 1.807) is 18.2 Å². The van der Waals surface area contributed by atoms with Crippen LogP contribution in [0.4, 0.5) is 14.5 Å². The molecule has 0 unspecified atom stereocenters. The number of aromatic hydroxyl groups is 1. The Kier molecular flexibility index (Phi) is 7.60.